The predicted molar refractivity (Wildman–Crippen MR) is 108 cm³/mol. The highest BCUT2D eigenvalue weighted by Crippen LogP contribution is 2.34. The molecule has 0 saturated heterocycles. The fraction of sp³-hybridized carbons (Fsp3) is 0.364. The molecule has 1 atom stereocenters. The van der Waals surface area contributed by atoms with Crippen LogP contribution >= 0.6 is 0 Å². The number of urea groups is 1. The van der Waals surface area contributed by atoms with Crippen LogP contribution in [0.4, 0.5) is 10.5 Å². The highest BCUT2D eigenvalue weighted by Gasteiger charge is 2.31. The van der Waals surface area contributed by atoms with Crippen molar-refractivity contribution in [1.82, 2.24) is 10.6 Å². The summed E-state index contributed by atoms with van der Waals surface area (Å²) < 4.78 is 0. The average Bonchev–Trinajstić information content (AvgIpc) is 2.93. The zero-order valence-electron chi connectivity index (χ0n) is 16.4. The Kier molecular flexibility index (Phi) is 5.22. The third kappa shape index (κ3) is 4.48. The molecule has 3 rings (SSSR count). The minimum absolute atomic E-state index is 0.0115. The van der Waals surface area contributed by atoms with Crippen LogP contribution < -0.4 is 15.5 Å². The number of fused-ring (bicyclic) bond motifs is 1. The van der Waals surface area contributed by atoms with Gasteiger partial charge in [-0.05, 0) is 63.4 Å². The number of nitrogens with one attached hydrogen (secondary N) is 2. The van der Waals surface area contributed by atoms with E-state index in [1.165, 1.54) is 0 Å². The molecule has 1 aliphatic heterocycles. The predicted octanol–water partition coefficient (Wildman–Crippen LogP) is 3.88. The summed E-state index contributed by atoms with van der Waals surface area (Å²) in [6.45, 7) is 8.30. The van der Waals surface area contributed by atoms with Gasteiger partial charge in [-0.25, -0.2) is 4.79 Å². The van der Waals surface area contributed by atoms with Gasteiger partial charge in [-0.2, -0.15) is 0 Å². The molecule has 142 valence electrons. The van der Waals surface area contributed by atoms with Gasteiger partial charge in [0.15, 0.2) is 0 Å². The molecule has 2 aromatic carbocycles. The van der Waals surface area contributed by atoms with Gasteiger partial charge in [0.2, 0.25) is 0 Å². The summed E-state index contributed by atoms with van der Waals surface area (Å²) in [5.41, 5.74) is 3.47. The molecule has 1 heterocycles. The van der Waals surface area contributed by atoms with E-state index in [1.54, 1.807) is 0 Å². The third-order valence-electron chi connectivity index (χ3n) is 4.55. The van der Waals surface area contributed by atoms with Crippen molar-refractivity contribution >= 4 is 17.6 Å². The molecule has 0 saturated carbocycles. The molecule has 5 nitrogen and oxygen atoms in total. The van der Waals surface area contributed by atoms with Gasteiger partial charge in [0.05, 0.1) is 0 Å². The van der Waals surface area contributed by atoms with Crippen molar-refractivity contribution in [3.8, 4) is 0 Å². The van der Waals surface area contributed by atoms with Crippen LogP contribution in [0.5, 0.6) is 0 Å². The zero-order valence-corrected chi connectivity index (χ0v) is 16.4. The van der Waals surface area contributed by atoms with Crippen molar-refractivity contribution < 1.29 is 9.59 Å². The molecular weight excluding hydrogens is 338 g/mol. The lowest BCUT2D eigenvalue weighted by molar-refractivity contribution is 0.0981. The number of nitrogens with zero attached hydrogens (tertiary/aromatic N) is 1. The molecule has 0 radical (unpaired) electrons. The zero-order chi connectivity index (χ0) is 19.6. The van der Waals surface area contributed by atoms with Crippen LogP contribution in [0.15, 0.2) is 48.5 Å². The molecule has 0 spiro atoms. The Morgan fingerprint density at radius 2 is 1.81 bits per heavy atom. The van der Waals surface area contributed by atoms with Crippen LogP contribution in [0, 0.1) is 0 Å². The monoisotopic (exact) mass is 365 g/mol. The van der Waals surface area contributed by atoms with E-state index < -0.39 is 0 Å². The molecular formula is C22H27N3O2. The van der Waals surface area contributed by atoms with Gasteiger partial charge in [-0.1, -0.05) is 30.3 Å². The smallest absolute Gasteiger partial charge is 0.315 e. The van der Waals surface area contributed by atoms with Gasteiger partial charge in [0.1, 0.15) is 0 Å². The summed E-state index contributed by atoms with van der Waals surface area (Å²) in [6, 6.07) is 15.3. The quantitative estimate of drug-likeness (QED) is 0.867. The molecule has 27 heavy (non-hydrogen) atoms. The Morgan fingerprint density at radius 3 is 2.48 bits per heavy atom. The highest BCUT2D eigenvalue weighted by molar-refractivity contribution is 6.07. The van der Waals surface area contributed by atoms with E-state index in [1.807, 2.05) is 68.1 Å². The molecule has 1 aliphatic rings. The topological polar surface area (TPSA) is 61.4 Å². The van der Waals surface area contributed by atoms with Gasteiger partial charge in [0.25, 0.3) is 5.91 Å². The molecule has 3 amide bonds. The van der Waals surface area contributed by atoms with Crippen LogP contribution in [0.25, 0.3) is 0 Å². The van der Waals surface area contributed by atoms with Crippen LogP contribution in [0.3, 0.4) is 0 Å². The van der Waals surface area contributed by atoms with Crippen LogP contribution in [-0.4, -0.2) is 23.5 Å². The van der Waals surface area contributed by atoms with Gasteiger partial charge in [-0.3, -0.25) is 4.79 Å². The Bertz CT molecular complexity index is 840. The van der Waals surface area contributed by atoms with E-state index in [9.17, 15) is 9.59 Å². The number of carbonyl (C=O) groups excluding carboxylic acids is 2. The van der Waals surface area contributed by atoms with Gasteiger partial charge in [-0.15, -0.1) is 0 Å². The summed E-state index contributed by atoms with van der Waals surface area (Å²) in [7, 11) is 0. The van der Waals surface area contributed by atoms with Crippen molar-refractivity contribution in [2.75, 3.05) is 4.90 Å². The second kappa shape index (κ2) is 7.43. The third-order valence-corrected chi connectivity index (χ3v) is 4.55. The number of amides is 3. The summed E-state index contributed by atoms with van der Waals surface area (Å²) in [4.78, 5) is 26.9. The van der Waals surface area contributed by atoms with E-state index in [2.05, 4.69) is 23.6 Å². The number of rotatable bonds is 3. The first-order chi connectivity index (χ1) is 12.7. The largest absolute Gasteiger partial charge is 0.334 e. The molecule has 0 unspecified atom stereocenters. The Labute approximate surface area is 160 Å². The summed E-state index contributed by atoms with van der Waals surface area (Å²) in [6.07, 6.45) is 0.839. The maximum Gasteiger partial charge on any atom is 0.315 e. The first-order valence-electron chi connectivity index (χ1n) is 9.31. The molecule has 2 N–H and O–H groups in total. The fourth-order valence-electron chi connectivity index (χ4n) is 3.36. The standard InChI is InChI=1S/C22H27N3O2/c1-15-12-18-11-10-16(14-23-21(27)24-22(2,3)4)13-19(18)25(15)20(26)17-8-6-5-7-9-17/h5-11,13,15H,12,14H2,1-4H3,(H2,23,24,27)/t15-/m0/s1. The van der Waals surface area contributed by atoms with Crippen molar-refractivity contribution in [2.45, 2.75) is 52.2 Å². The minimum atomic E-state index is -0.281. The Balaban J connectivity index is 1.77. The van der Waals surface area contributed by atoms with E-state index in [-0.39, 0.29) is 23.5 Å². The van der Waals surface area contributed by atoms with Crippen LogP contribution in [-0.2, 0) is 13.0 Å². The second-order valence-corrected chi connectivity index (χ2v) is 8.12. The normalized spacial score (nSPS) is 16.0. The van der Waals surface area contributed by atoms with Crippen LogP contribution in [0.1, 0.15) is 49.2 Å². The molecule has 0 bridgehead atoms. The van der Waals surface area contributed by atoms with Crippen molar-refractivity contribution in [1.29, 1.82) is 0 Å². The second-order valence-electron chi connectivity index (χ2n) is 8.12. The van der Waals surface area contributed by atoms with Gasteiger partial charge in [0, 0.05) is 29.4 Å². The lowest BCUT2D eigenvalue weighted by atomic mass is 10.1. The number of benzene rings is 2. The average molecular weight is 365 g/mol. The van der Waals surface area contributed by atoms with Crippen LogP contribution in [0.2, 0.25) is 0 Å². The Morgan fingerprint density at radius 1 is 1.11 bits per heavy atom. The first-order valence-corrected chi connectivity index (χ1v) is 9.31. The summed E-state index contributed by atoms with van der Waals surface area (Å²) >= 11 is 0. The molecule has 2 aromatic rings. The van der Waals surface area contributed by atoms with E-state index in [0.717, 1.165) is 23.2 Å². The molecule has 0 fully saturated rings. The number of carbonyl (C=O) groups is 2. The van der Waals surface area contributed by atoms with E-state index in [0.29, 0.717) is 12.1 Å². The summed E-state index contributed by atoms with van der Waals surface area (Å²) in [5, 5.41) is 5.76. The van der Waals surface area contributed by atoms with Crippen molar-refractivity contribution in [3.63, 3.8) is 0 Å². The number of hydrogen-bond donors (Lipinski definition) is 2. The van der Waals surface area contributed by atoms with E-state index in [4.69, 9.17) is 0 Å². The van der Waals surface area contributed by atoms with Crippen molar-refractivity contribution in [2.24, 2.45) is 0 Å². The summed E-state index contributed by atoms with van der Waals surface area (Å²) in [5.74, 6) is 0.0115. The van der Waals surface area contributed by atoms with Gasteiger partial charge < -0.3 is 15.5 Å². The highest BCUT2D eigenvalue weighted by atomic mass is 16.2. The van der Waals surface area contributed by atoms with Crippen molar-refractivity contribution in [3.05, 3.63) is 65.2 Å². The molecule has 5 heteroatoms. The lowest BCUT2D eigenvalue weighted by Gasteiger charge is -2.23. The maximum atomic E-state index is 13.0. The lowest BCUT2D eigenvalue weighted by Crippen LogP contribution is -2.46. The molecule has 0 aromatic heterocycles. The maximum absolute atomic E-state index is 13.0. The van der Waals surface area contributed by atoms with E-state index >= 15 is 0 Å². The minimum Gasteiger partial charge on any atom is -0.334 e. The fourth-order valence-corrected chi connectivity index (χ4v) is 3.36. The molecule has 0 aliphatic carbocycles. The number of hydrogen-bond acceptors (Lipinski definition) is 2. The Hall–Kier alpha value is -2.82. The van der Waals surface area contributed by atoms with Gasteiger partial charge >= 0.3 is 6.03 Å². The SMILES string of the molecule is C[C@H]1Cc2ccc(CNC(=O)NC(C)(C)C)cc2N1C(=O)c1ccccc1. The first kappa shape index (κ1) is 19.0. The number of anilines is 1.